The number of rotatable bonds is 4. The maximum absolute atomic E-state index is 13.3. The van der Waals surface area contributed by atoms with Gasteiger partial charge in [-0.15, -0.1) is 0 Å². The van der Waals surface area contributed by atoms with Gasteiger partial charge in [-0.25, -0.2) is 4.39 Å². The Morgan fingerprint density at radius 2 is 2.05 bits per heavy atom. The van der Waals surface area contributed by atoms with Gasteiger partial charge in [0.1, 0.15) is 17.3 Å². The van der Waals surface area contributed by atoms with Crippen molar-refractivity contribution in [1.82, 2.24) is 0 Å². The number of nitrogens with zero attached hydrogens (tertiary/aromatic N) is 1. The summed E-state index contributed by atoms with van der Waals surface area (Å²) < 4.78 is 18.8. The molecule has 1 atom stereocenters. The fourth-order valence-electron chi connectivity index (χ4n) is 2.10. The van der Waals surface area contributed by atoms with Crippen molar-refractivity contribution in [3.8, 4) is 0 Å². The monoisotopic (exact) mass is 263 g/mol. The number of benzene rings is 1. The fourth-order valence-corrected chi connectivity index (χ4v) is 2.10. The van der Waals surface area contributed by atoms with Crippen LogP contribution in [0, 0.1) is 12.7 Å². The van der Waals surface area contributed by atoms with E-state index in [1.807, 2.05) is 31.0 Å². The highest BCUT2D eigenvalue weighted by atomic mass is 19.1. The minimum Gasteiger partial charge on any atom is -0.464 e. The Bertz CT molecular complexity index is 563. The Hall–Kier alpha value is -1.81. The largest absolute Gasteiger partial charge is 0.464 e. The van der Waals surface area contributed by atoms with Crippen LogP contribution in [0.1, 0.15) is 30.1 Å². The molecule has 0 fully saturated rings. The maximum atomic E-state index is 13.3. The molecule has 0 saturated carbocycles. The summed E-state index contributed by atoms with van der Waals surface area (Å²) in [5.41, 5.74) is 1.37. The van der Waals surface area contributed by atoms with Crippen molar-refractivity contribution >= 4 is 5.69 Å². The summed E-state index contributed by atoms with van der Waals surface area (Å²) >= 11 is 0. The van der Waals surface area contributed by atoms with Crippen molar-refractivity contribution in [1.29, 1.82) is 0 Å². The standard InChI is InChI=1S/C15H18FNO2/c1-10-4-6-13(19-10)9-17(3)15-7-5-12(16)8-14(15)11(2)18/h4-8,11,18H,9H2,1-3H3/t11-/m1/s1. The first-order valence-corrected chi connectivity index (χ1v) is 6.21. The van der Waals surface area contributed by atoms with Gasteiger partial charge in [-0.2, -0.15) is 0 Å². The van der Waals surface area contributed by atoms with Crippen molar-refractivity contribution in [3.63, 3.8) is 0 Å². The maximum Gasteiger partial charge on any atom is 0.123 e. The highest BCUT2D eigenvalue weighted by Gasteiger charge is 2.14. The van der Waals surface area contributed by atoms with Crippen molar-refractivity contribution in [3.05, 3.63) is 53.2 Å². The first kappa shape index (κ1) is 13.6. The molecule has 0 unspecified atom stereocenters. The van der Waals surface area contributed by atoms with E-state index >= 15 is 0 Å². The van der Waals surface area contributed by atoms with E-state index in [0.29, 0.717) is 12.1 Å². The summed E-state index contributed by atoms with van der Waals surface area (Å²) in [5.74, 6) is 1.35. The Kier molecular flexibility index (Phi) is 3.90. The summed E-state index contributed by atoms with van der Waals surface area (Å²) in [6, 6.07) is 8.25. The normalized spacial score (nSPS) is 12.5. The van der Waals surface area contributed by atoms with Crippen LogP contribution in [0.25, 0.3) is 0 Å². The number of aryl methyl sites for hydroxylation is 1. The second kappa shape index (κ2) is 5.45. The minimum absolute atomic E-state index is 0.345. The number of aliphatic hydroxyl groups excluding tert-OH is 1. The number of halogens is 1. The highest BCUT2D eigenvalue weighted by Crippen LogP contribution is 2.27. The van der Waals surface area contributed by atoms with Gasteiger partial charge in [-0.05, 0) is 44.2 Å². The third kappa shape index (κ3) is 3.15. The predicted octanol–water partition coefficient (Wildman–Crippen LogP) is 3.42. The van der Waals surface area contributed by atoms with E-state index in [1.54, 1.807) is 13.0 Å². The Balaban J connectivity index is 2.25. The van der Waals surface area contributed by atoms with Crippen LogP contribution >= 0.6 is 0 Å². The lowest BCUT2D eigenvalue weighted by molar-refractivity contribution is 0.199. The zero-order valence-electron chi connectivity index (χ0n) is 11.4. The van der Waals surface area contributed by atoms with Gasteiger partial charge in [0.05, 0.1) is 12.6 Å². The quantitative estimate of drug-likeness (QED) is 0.918. The van der Waals surface area contributed by atoms with E-state index in [-0.39, 0.29) is 5.82 Å². The zero-order valence-corrected chi connectivity index (χ0v) is 11.4. The summed E-state index contributed by atoms with van der Waals surface area (Å²) in [5, 5.41) is 9.73. The molecule has 0 aliphatic rings. The topological polar surface area (TPSA) is 36.6 Å². The number of anilines is 1. The van der Waals surface area contributed by atoms with Crippen LogP contribution in [-0.2, 0) is 6.54 Å². The Labute approximate surface area is 112 Å². The smallest absolute Gasteiger partial charge is 0.123 e. The molecule has 19 heavy (non-hydrogen) atoms. The van der Waals surface area contributed by atoms with E-state index in [0.717, 1.165) is 17.2 Å². The molecule has 0 saturated heterocycles. The van der Waals surface area contributed by atoms with Crippen LogP contribution in [0.2, 0.25) is 0 Å². The Morgan fingerprint density at radius 1 is 1.32 bits per heavy atom. The molecule has 1 N–H and O–H groups in total. The molecule has 2 rings (SSSR count). The molecular formula is C15H18FNO2. The molecule has 0 amide bonds. The van der Waals surface area contributed by atoms with Crippen LogP contribution in [0.15, 0.2) is 34.7 Å². The van der Waals surface area contributed by atoms with Gasteiger partial charge in [0.15, 0.2) is 0 Å². The third-order valence-corrected chi connectivity index (χ3v) is 3.04. The summed E-state index contributed by atoms with van der Waals surface area (Å²) in [6.45, 7) is 4.09. The van der Waals surface area contributed by atoms with E-state index in [2.05, 4.69) is 0 Å². The summed E-state index contributed by atoms with van der Waals surface area (Å²) in [7, 11) is 1.89. The van der Waals surface area contributed by atoms with Gasteiger partial charge >= 0.3 is 0 Å². The number of hydrogen-bond acceptors (Lipinski definition) is 3. The number of hydrogen-bond donors (Lipinski definition) is 1. The minimum atomic E-state index is -0.716. The average Bonchev–Trinajstić information content (AvgIpc) is 2.74. The highest BCUT2D eigenvalue weighted by molar-refractivity contribution is 5.54. The van der Waals surface area contributed by atoms with E-state index < -0.39 is 6.10 Å². The molecule has 0 spiro atoms. The van der Waals surface area contributed by atoms with Crippen molar-refractivity contribution in [2.24, 2.45) is 0 Å². The molecule has 1 aromatic heterocycles. The van der Waals surface area contributed by atoms with Gasteiger partial charge in [0.2, 0.25) is 0 Å². The van der Waals surface area contributed by atoms with Crippen molar-refractivity contribution in [2.45, 2.75) is 26.5 Å². The van der Waals surface area contributed by atoms with Crippen LogP contribution in [0.4, 0.5) is 10.1 Å². The van der Waals surface area contributed by atoms with Gasteiger partial charge in [-0.1, -0.05) is 0 Å². The van der Waals surface area contributed by atoms with Gasteiger partial charge < -0.3 is 14.4 Å². The van der Waals surface area contributed by atoms with Gasteiger partial charge in [-0.3, -0.25) is 0 Å². The molecule has 0 bridgehead atoms. The molecule has 2 aromatic rings. The lowest BCUT2D eigenvalue weighted by Crippen LogP contribution is -2.18. The lowest BCUT2D eigenvalue weighted by atomic mass is 10.1. The molecule has 0 radical (unpaired) electrons. The van der Waals surface area contributed by atoms with Crippen molar-refractivity contribution < 1.29 is 13.9 Å². The van der Waals surface area contributed by atoms with Gasteiger partial charge in [0.25, 0.3) is 0 Å². The molecule has 1 aromatic carbocycles. The summed E-state index contributed by atoms with van der Waals surface area (Å²) in [6.07, 6.45) is -0.716. The summed E-state index contributed by atoms with van der Waals surface area (Å²) in [4.78, 5) is 1.93. The lowest BCUT2D eigenvalue weighted by Gasteiger charge is -2.22. The molecule has 4 heteroatoms. The van der Waals surface area contributed by atoms with Crippen molar-refractivity contribution in [2.75, 3.05) is 11.9 Å². The first-order chi connectivity index (χ1) is 8.97. The van der Waals surface area contributed by atoms with E-state index in [4.69, 9.17) is 4.42 Å². The number of aliphatic hydroxyl groups is 1. The second-order valence-electron chi connectivity index (χ2n) is 4.75. The molecule has 0 aliphatic heterocycles. The van der Waals surface area contributed by atoms with E-state index in [1.165, 1.54) is 12.1 Å². The molecule has 102 valence electrons. The first-order valence-electron chi connectivity index (χ1n) is 6.21. The average molecular weight is 263 g/mol. The molecule has 3 nitrogen and oxygen atoms in total. The SMILES string of the molecule is Cc1ccc(CN(C)c2ccc(F)cc2[C@@H](C)O)o1. The van der Waals surface area contributed by atoms with Crippen LogP contribution in [0.3, 0.4) is 0 Å². The van der Waals surface area contributed by atoms with Gasteiger partial charge in [0, 0.05) is 18.3 Å². The fraction of sp³-hybridized carbons (Fsp3) is 0.333. The third-order valence-electron chi connectivity index (χ3n) is 3.04. The zero-order chi connectivity index (χ0) is 14.0. The molecule has 0 aliphatic carbocycles. The second-order valence-corrected chi connectivity index (χ2v) is 4.75. The van der Waals surface area contributed by atoms with Crippen LogP contribution in [-0.4, -0.2) is 12.2 Å². The predicted molar refractivity (Wildman–Crippen MR) is 72.6 cm³/mol. The molecular weight excluding hydrogens is 245 g/mol. The molecule has 1 heterocycles. The Morgan fingerprint density at radius 3 is 2.63 bits per heavy atom. The van der Waals surface area contributed by atoms with Crippen LogP contribution in [0.5, 0.6) is 0 Å². The van der Waals surface area contributed by atoms with Crippen LogP contribution < -0.4 is 4.90 Å². The number of furan rings is 1. The van der Waals surface area contributed by atoms with E-state index in [9.17, 15) is 9.50 Å².